The molecule has 0 fully saturated rings. The van der Waals surface area contributed by atoms with Crippen molar-refractivity contribution in [1.29, 1.82) is 0 Å². The van der Waals surface area contributed by atoms with Gasteiger partial charge in [0.25, 0.3) is 0 Å². The second kappa shape index (κ2) is 15.0. The Hall–Kier alpha value is -6.04. The van der Waals surface area contributed by atoms with Crippen molar-refractivity contribution in [3.8, 4) is 0 Å². The second-order valence-corrected chi connectivity index (χ2v) is 11.1. The van der Waals surface area contributed by atoms with Crippen LogP contribution in [0.1, 0.15) is 0 Å². The standard InChI is InChI=1S/C30H29N3O14S/c1-42-25(34)19-18(22(28(37)45-4)24(29(38)46-5)33(30(39)47-6)48(7,40)41)20(26(35)43-2)23(21(19)27(36)44-3)32-31-17-14-10-12-15-11-8-9-13-16(15)17/h8-14,31H,1-7H3/b24-22+,32-23-. The van der Waals surface area contributed by atoms with Crippen molar-refractivity contribution in [2.24, 2.45) is 5.10 Å². The normalized spacial score (nSPS) is 14.2. The summed E-state index contributed by atoms with van der Waals surface area (Å²) in [6, 6.07) is 12.1. The number of carbonyl (C=O) groups is 6. The summed E-state index contributed by atoms with van der Waals surface area (Å²) in [5.41, 5.74) is -3.79. The summed E-state index contributed by atoms with van der Waals surface area (Å²) in [6.07, 6.45) is -1.25. The van der Waals surface area contributed by atoms with Crippen molar-refractivity contribution in [1.82, 2.24) is 4.31 Å². The summed E-state index contributed by atoms with van der Waals surface area (Å²) in [5.74, 6) is -7.33. The minimum atomic E-state index is -4.86. The number of sulfonamides is 1. The van der Waals surface area contributed by atoms with Crippen LogP contribution in [0.15, 0.2) is 81.1 Å². The Morgan fingerprint density at radius 1 is 0.646 bits per heavy atom. The largest absolute Gasteiger partial charge is 0.465 e. The first-order chi connectivity index (χ1) is 22.7. The van der Waals surface area contributed by atoms with E-state index in [1.807, 2.05) is 0 Å². The number of amides is 1. The number of hydrogen-bond acceptors (Lipinski definition) is 16. The molecular formula is C30H29N3O14S. The van der Waals surface area contributed by atoms with Gasteiger partial charge in [-0.25, -0.2) is 37.2 Å². The first-order valence-corrected chi connectivity index (χ1v) is 15.1. The average molecular weight is 688 g/mol. The lowest BCUT2D eigenvalue weighted by Crippen LogP contribution is -2.40. The summed E-state index contributed by atoms with van der Waals surface area (Å²) >= 11 is 0. The van der Waals surface area contributed by atoms with E-state index in [1.165, 1.54) is 0 Å². The molecule has 17 nitrogen and oxygen atoms in total. The number of methoxy groups -OCH3 is 6. The van der Waals surface area contributed by atoms with Crippen molar-refractivity contribution in [3.05, 3.63) is 76.0 Å². The van der Waals surface area contributed by atoms with Crippen LogP contribution in [-0.4, -0.2) is 103 Å². The van der Waals surface area contributed by atoms with Gasteiger partial charge in [0.15, 0.2) is 5.70 Å². The highest BCUT2D eigenvalue weighted by molar-refractivity contribution is 7.89. The van der Waals surface area contributed by atoms with Crippen LogP contribution in [-0.2, 0) is 62.4 Å². The first-order valence-electron chi connectivity index (χ1n) is 13.3. The van der Waals surface area contributed by atoms with E-state index in [0.29, 0.717) is 17.3 Å². The Bertz CT molecular complexity index is 1950. The third-order valence-corrected chi connectivity index (χ3v) is 7.60. The van der Waals surface area contributed by atoms with Crippen LogP contribution in [0, 0.1) is 0 Å². The van der Waals surface area contributed by atoms with Gasteiger partial charge in [0.2, 0.25) is 10.0 Å². The maximum atomic E-state index is 13.6. The van der Waals surface area contributed by atoms with Gasteiger partial charge in [-0.3, -0.25) is 5.43 Å². The van der Waals surface area contributed by atoms with E-state index >= 15 is 0 Å². The number of benzene rings is 2. The van der Waals surface area contributed by atoms with Crippen molar-refractivity contribution in [2.75, 3.05) is 54.3 Å². The quantitative estimate of drug-likeness (QED) is 0.161. The van der Waals surface area contributed by atoms with Crippen molar-refractivity contribution < 1.29 is 65.6 Å². The van der Waals surface area contributed by atoms with Gasteiger partial charge in [0.1, 0.15) is 16.9 Å². The lowest BCUT2D eigenvalue weighted by molar-refractivity contribution is -0.140. The van der Waals surface area contributed by atoms with E-state index in [4.69, 9.17) is 23.7 Å². The molecule has 0 spiro atoms. The number of esters is 5. The molecule has 0 aliphatic heterocycles. The smallest absolute Gasteiger partial charge is 0.428 e. The first kappa shape index (κ1) is 36.4. The molecule has 18 heteroatoms. The zero-order valence-electron chi connectivity index (χ0n) is 26.6. The molecule has 0 saturated heterocycles. The van der Waals surface area contributed by atoms with Crippen LogP contribution in [0.25, 0.3) is 10.8 Å². The van der Waals surface area contributed by atoms with Crippen LogP contribution in [0.2, 0.25) is 0 Å². The molecule has 1 amide bonds. The summed E-state index contributed by atoms with van der Waals surface area (Å²) in [7, 11) is 0.181. The van der Waals surface area contributed by atoms with Crippen LogP contribution < -0.4 is 5.43 Å². The predicted molar refractivity (Wildman–Crippen MR) is 165 cm³/mol. The molecule has 1 aliphatic carbocycles. The molecule has 2 aromatic carbocycles. The molecule has 0 atom stereocenters. The van der Waals surface area contributed by atoms with Crippen molar-refractivity contribution in [2.45, 2.75) is 0 Å². The monoisotopic (exact) mass is 687 g/mol. The Morgan fingerprint density at radius 2 is 1.17 bits per heavy atom. The zero-order valence-corrected chi connectivity index (χ0v) is 27.4. The van der Waals surface area contributed by atoms with Gasteiger partial charge >= 0.3 is 35.9 Å². The van der Waals surface area contributed by atoms with Crippen LogP contribution in [0.4, 0.5) is 10.5 Å². The van der Waals surface area contributed by atoms with Gasteiger partial charge in [-0.2, -0.15) is 9.41 Å². The highest BCUT2D eigenvalue weighted by atomic mass is 32.2. The Morgan fingerprint density at radius 3 is 1.69 bits per heavy atom. The Kier molecular flexibility index (Phi) is 11.4. The molecule has 0 unspecified atom stereocenters. The number of nitrogens with zero attached hydrogens (tertiary/aromatic N) is 2. The Balaban J connectivity index is 2.70. The number of nitrogens with one attached hydrogen (secondary N) is 1. The fourth-order valence-corrected chi connectivity index (χ4v) is 5.44. The van der Waals surface area contributed by atoms with Gasteiger partial charge in [0, 0.05) is 11.0 Å². The number of hydrazone groups is 1. The zero-order chi connectivity index (χ0) is 35.9. The molecule has 0 radical (unpaired) electrons. The number of carbonyl (C=O) groups excluding carboxylic acids is 6. The number of rotatable bonds is 10. The molecule has 48 heavy (non-hydrogen) atoms. The van der Waals surface area contributed by atoms with Gasteiger partial charge in [-0.15, -0.1) is 0 Å². The molecule has 1 N–H and O–H groups in total. The number of hydrogen-bond donors (Lipinski definition) is 1. The number of anilines is 1. The lowest BCUT2D eigenvalue weighted by Gasteiger charge is -2.23. The highest BCUT2D eigenvalue weighted by Gasteiger charge is 2.49. The molecular weight excluding hydrogens is 658 g/mol. The second-order valence-electron chi connectivity index (χ2n) is 9.28. The van der Waals surface area contributed by atoms with E-state index in [0.717, 1.165) is 48.0 Å². The summed E-state index contributed by atoms with van der Waals surface area (Å²) in [4.78, 5) is 80.2. The van der Waals surface area contributed by atoms with E-state index < -0.39 is 85.2 Å². The van der Waals surface area contributed by atoms with Gasteiger partial charge < -0.3 is 28.4 Å². The average Bonchev–Trinajstić information content (AvgIpc) is 3.42. The van der Waals surface area contributed by atoms with Gasteiger partial charge in [-0.05, 0) is 11.5 Å². The fourth-order valence-electron chi connectivity index (χ4n) is 4.60. The lowest BCUT2D eigenvalue weighted by atomic mass is 9.94. The molecule has 0 bridgehead atoms. The predicted octanol–water partition coefficient (Wildman–Crippen LogP) is 1.36. The SMILES string of the molecule is COC(=O)C1=C(C(=O)OC)/C(=N\Nc2cccc3ccccc23)C(C(=O)OC)=C1/C(C(=O)OC)=C(/C(=O)OC)N(C(=O)OC)S(C)(=O)=O. The van der Waals surface area contributed by atoms with Gasteiger partial charge in [0.05, 0.1) is 65.7 Å². The van der Waals surface area contributed by atoms with Crippen molar-refractivity contribution >= 4 is 68.1 Å². The van der Waals surface area contributed by atoms with E-state index in [9.17, 15) is 37.2 Å². The van der Waals surface area contributed by atoms with Crippen molar-refractivity contribution in [3.63, 3.8) is 0 Å². The molecule has 2 aromatic rings. The van der Waals surface area contributed by atoms with Crippen LogP contribution in [0.3, 0.4) is 0 Å². The minimum absolute atomic E-state index is 0.261. The maximum absolute atomic E-state index is 13.6. The van der Waals surface area contributed by atoms with Gasteiger partial charge in [-0.1, -0.05) is 36.4 Å². The summed E-state index contributed by atoms with van der Waals surface area (Å²) < 4.78 is 54.3. The molecule has 1 aliphatic rings. The topological polar surface area (TPSA) is 220 Å². The van der Waals surface area contributed by atoms with Crippen LogP contribution >= 0.6 is 0 Å². The third-order valence-electron chi connectivity index (χ3n) is 6.60. The Labute approximate surface area is 273 Å². The highest BCUT2D eigenvalue weighted by Crippen LogP contribution is 2.40. The fraction of sp³-hybridized carbons (Fsp3) is 0.233. The van der Waals surface area contributed by atoms with E-state index in [-0.39, 0.29) is 4.31 Å². The molecule has 0 saturated carbocycles. The van der Waals surface area contributed by atoms with Crippen LogP contribution in [0.5, 0.6) is 0 Å². The number of ether oxygens (including phenoxy) is 6. The third kappa shape index (κ3) is 6.87. The number of fused-ring (bicyclic) bond motifs is 1. The molecule has 0 heterocycles. The summed E-state index contributed by atoms with van der Waals surface area (Å²) in [6.45, 7) is 0. The summed E-state index contributed by atoms with van der Waals surface area (Å²) in [5, 5.41) is 5.62. The molecule has 0 aromatic heterocycles. The minimum Gasteiger partial charge on any atom is -0.465 e. The van der Waals surface area contributed by atoms with E-state index in [1.54, 1.807) is 42.5 Å². The maximum Gasteiger partial charge on any atom is 0.428 e. The molecule has 3 rings (SSSR count). The molecule has 254 valence electrons. The van der Waals surface area contributed by atoms with E-state index in [2.05, 4.69) is 15.3 Å².